The van der Waals surface area contributed by atoms with Crippen LogP contribution >= 0.6 is 0 Å². The summed E-state index contributed by atoms with van der Waals surface area (Å²) in [5, 5.41) is 5.24. The van der Waals surface area contributed by atoms with E-state index in [2.05, 4.69) is 20.3 Å². The molecule has 2 heterocycles. The molecule has 3 aromatic rings. The average molecular weight is 479 g/mol. The van der Waals surface area contributed by atoms with Crippen LogP contribution in [0.25, 0.3) is 5.57 Å². The average Bonchev–Trinajstić information content (AvgIpc) is 3.15. The molecule has 1 aliphatic heterocycles. The summed E-state index contributed by atoms with van der Waals surface area (Å²) < 4.78 is 34.2. The summed E-state index contributed by atoms with van der Waals surface area (Å²) in [6.45, 7) is 3.61. The Hall–Kier alpha value is -4.18. The number of nitrogens with zero attached hydrogens (tertiary/aromatic N) is 1. The smallest absolute Gasteiger partial charge is 0.269 e. The molecule has 0 atom stereocenters. The highest BCUT2D eigenvalue weighted by Crippen LogP contribution is 2.35. The van der Waals surface area contributed by atoms with Gasteiger partial charge in [-0.05, 0) is 62.4 Å². The summed E-state index contributed by atoms with van der Waals surface area (Å²) in [5.41, 5.74) is 2.97. The van der Waals surface area contributed by atoms with Crippen molar-refractivity contribution in [3.05, 3.63) is 77.6 Å². The van der Waals surface area contributed by atoms with Crippen molar-refractivity contribution in [1.29, 1.82) is 0 Å². The maximum Gasteiger partial charge on any atom is 0.269 e. The molecule has 1 aliphatic rings. The first kappa shape index (κ1) is 23.0. The number of benzene rings is 2. The van der Waals surface area contributed by atoms with Crippen molar-refractivity contribution in [1.82, 2.24) is 10.3 Å². The van der Waals surface area contributed by atoms with E-state index in [0.717, 1.165) is 5.57 Å². The second kappa shape index (κ2) is 8.99. The highest BCUT2D eigenvalue weighted by atomic mass is 32.2. The number of sulfonamides is 1. The second-order valence-corrected chi connectivity index (χ2v) is 9.41. The molecule has 34 heavy (non-hydrogen) atoms. The Labute approximate surface area is 196 Å². The number of hydrogen-bond acceptors (Lipinski definition) is 6. The van der Waals surface area contributed by atoms with E-state index >= 15 is 0 Å². The number of rotatable bonds is 6. The Morgan fingerprint density at radius 3 is 2.41 bits per heavy atom. The van der Waals surface area contributed by atoms with Gasteiger partial charge in [0.25, 0.3) is 21.8 Å². The lowest BCUT2D eigenvalue weighted by Gasteiger charge is -2.11. The van der Waals surface area contributed by atoms with Gasteiger partial charge in [0.1, 0.15) is 17.2 Å². The van der Waals surface area contributed by atoms with Crippen LogP contribution < -0.4 is 20.1 Å². The maximum atomic E-state index is 13.0. The third-order valence-corrected chi connectivity index (χ3v) is 6.46. The van der Waals surface area contributed by atoms with Crippen molar-refractivity contribution in [3.8, 4) is 11.5 Å². The molecule has 174 valence electrons. The molecule has 0 saturated heterocycles. The first-order valence-electron chi connectivity index (χ1n) is 10.3. The Kier molecular flexibility index (Phi) is 6.08. The van der Waals surface area contributed by atoms with Gasteiger partial charge in [0, 0.05) is 41.8 Å². The molecule has 0 fully saturated rings. The predicted octanol–water partition coefficient (Wildman–Crippen LogP) is 3.78. The lowest BCUT2D eigenvalue weighted by molar-refractivity contribution is -0.110. The van der Waals surface area contributed by atoms with Gasteiger partial charge in [-0.25, -0.2) is 8.42 Å². The first-order chi connectivity index (χ1) is 16.2. The SMILES string of the molecule is CNC(=O)c1cc(Oc2ccc(NS(=O)(=O)c3ccc4c(c3)C(=C(C)C)C(=O)N4)cc2)ccn1. The molecule has 0 saturated carbocycles. The molecule has 1 aromatic heterocycles. The van der Waals surface area contributed by atoms with E-state index in [9.17, 15) is 18.0 Å². The van der Waals surface area contributed by atoms with Gasteiger partial charge in [0.2, 0.25) is 0 Å². The number of carbonyl (C=O) groups excluding carboxylic acids is 2. The van der Waals surface area contributed by atoms with Crippen LogP contribution in [-0.4, -0.2) is 32.3 Å². The van der Waals surface area contributed by atoms with Gasteiger partial charge >= 0.3 is 0 Å². The van der Waals surface area contributed by atoms with E-state index in [-0.39, 0.29) is 22.4 Å². The third kappa shape index (κ3) is 4.62. The lowest BCUT2D eigenvalue weighted by atomic mass is 10.0. The van der Waals surface area contributed by atoms with Gasteiger partial charge in [-0.2, -0.15) is 0 Å². The quantitative estimate of drug-likeness (QED) is 0.463. The van der Waals surface area contributed by atoms with E-state index < -0.39 is 10.0 Å². The molecule has 0 radical (unpaired) electrons. The predicted molar refractivity (Wildman–Crippen MR) is 128 cm³/mol. The molecule has 0 aliphatic carbocycles. The molecular formula is C24H22N4O5S. The van der Waals surface area contributed by atoms with Crippen molar-refractivity contribution in [2.75, 3.05) is 17.1 Å². The fourth-order valence-electron chi connectivity index (χ4n) is 3.48. The molecule has 0 spiro atoms. The van der Waals surface area contributed by atoms with Gasteiger partial charge in [-0.3, -0.25) is 19.3 Å². The summed E-state index contributed by atoms with van der Waals surface area (Å²) in [4.78, 5) is 27.9. The zero-order valence-electron chi connectivity index (χ0n) is 18.7. The minimum Gasteiger partial charge on any atom is -0.457 e. The third-order valence-electron chi connectivity index (χ3n) is 5.08. The van der Waals surface area contributed by atoms with Crippen molar-refractivity contribution < 1.29 is 22.7 Å². The van der Waals surface area contributed by atoms with E-state index in [1.807, 2.05) is 0 Å². The van der Waals surface area contributed by atoms with E-state index in [1.54, 1.807) is 50.2 Å². The molecule has 4 rings (SSSR count). The van der Waals surface area contributed by atoms with Crippen LogP contribution in [0.3, 0.4) is 0 Å². The van der Waals surface area contributed by atoms with Crippen LogP contribution in [0.5, 0.6) is 11.5 Å². The number of allylic oxidation sites excluding steroid dienone is 1. The van der Waals surface area contributed by atoms with Gasteiger partial charge in [-0.15, -0.1) is 0 Å². The molecule has 0 bridgehead atoms. The normalized spacial score (nSPS) is 12.6. The van der Waals surface area contributed by atoms with Gasteiger partial charge in [0.05, 0.1) is 4.90 Å². The number of carbonyl (C=O) groups is 2. The van der Waals surface area contributed by atoms with E-state index in [1.165, 1.54) is 31.4 Å². The van der Waals surface area contributed by atoms with Crippen LogP contribution in [-0.2, 0) is 14.8 Å². The molecule has 2 aromatic carbocycles. The Morgan fingerprint density at radius 1 is 1.00 bits per heavy atom. The minimum absolute atomic E-state index is 0.0420. The van der Waals surface area contributed by atoms with Gasteiger partial charge in [-0.1, -0.05) is 5.57 Å². The fraction of sp³-hybridized carbons (Fsp3) is 0.125. The standard InChI is InChI=1S/C24H22N4O5S/c1-14(2)22-19-13-18(8-9-20(19)27-24(22)30)34(31,32)28-15-4-6-16(7-5-15)33-17-10-11-26-21(12-17)23(29)25-3/h4-13,28H,1-3H3,(H,25,29)(H,27,30). The Morgan fingerprint density at radius 2 is 1.74 bits per heavy atom. The minimum atomic E-state index is -3.90. The summed E-state index contributed by atoms with van der Waals surface area (Å²) in [6.07, 6.45) is 1.46. The number of ether oxygens (including phenoxy) is 1. The Balaban J connectivity index is 1.51. The maximum absolute atomic E-state index is 13.0. The largest absolute Gasteiger partial charge is 0.457 e. The fourth-order valence-corrected chi connectivity index (χ4v) is 4.56. The second-order valence-electron chi connectivity index (χ2n) is 7.72. The molecule has 3 N–H and O–H groups in total. The van der Waals surface area contributed by atoms with E-state index in [4.69, 9.17) is 4.74 Å². The first-order valence-corrected chi connectivity index (χ1v) is 11.8. The molecule has 10 heteroatoms. The van der Waals surface area contributed by atoms with Crippen molar-refractivity contribution in [3.63, 3.8) is 0 Å². The number of anilines is 2. The van der Waals surface area contributed by atoms with Crippen molar-refractivity contribution in [2.45, 2.75) is 18.7 Å². The highest BCUT2D eigenvalue weighted by Gasteiger charge is 2.27. The summed E-state index contributed by atoms with van der Waals surface area (Å²) >= 11 is 0. The van der Waals surface area contributed by atoms with Gasteiger partial charge in [0.15, 0.2) is 0 Å². The highest BCUT2D eigenvalue weighted by molar-refractivity contribution is 7.92. The summed E-state index contributed by atoms with van der Waals surface area (Å²) in [6, 6.07) is 14.0. The molecule has 2 amide bonds. The van der Waals surface area contributed by atoms with Crippen molar-refractivity contribution in [2.24, 2.45) is 0 Å². The number of nitrogens with one attached hydrogen (secondary N) is 3. The van der Waals surface area contributed by atoms with Crippen LogP contribution in [0.15, 0.2) is 71.3 Å². The zero-order valence-corrected chi connectivity index (χ0v) is 19.5. The van der Waals surface area contributed by atoms with Crippen molar-refractivity contribution >= 4 is 38.8 Å². The number of fused-ring (bicyclic) bond motifs is 1. The van der Waals surface area contributed by atoms with E-state index in [0.29, 0.717) is 34.0 Å². The zero-order chi connectivity index (χ0) is 24.5. The molecule has 0 unspecified atom stereocenters. The van der Waals surface area contributed by atoms with Gasteiger partial charge < -0.3 is 15.4 Å². The number of amides is 2. The molecule has 9 nitrogen and oxygen atoms in total. The number of pyridine rings is 1. The summed E-state index contributed by atoms with van der Waals surface area (Å²) in [7, 11) is -2.39. The monoisotopic (exact) mass is 478 g/mol. The van der Waals surface area contributed by atoms with Crippen LogP contribution in [0.2, 0.25) is 0 Å². The topological polar surface area (TPSA) is 126 Å². The molecular weight excluding hydrogens is 456 g/mol. The van der Waals surface area contributed by atoms with Crippen LogP contribution in [0, 0.1) is 0 Å². The summed E-state index contributed by atoms with van der Waals surface area (Å²) in [5.74, 6) is 0.286. The lowest BCUT2D eigenvalue weighted by Crippen LogP contribution is -2.18. The van der Waals surface area contributed by atoms with Crippen LogP contribution in [0.4, 0.5) is 11.4 Å². The van der Waals surface area contributed by atoms with Crippen LogP contribution in [0.1, 0.15) is 29.9 Å². The number of hydrogen-bond donors (Lipinski definition) is 3. The Bertz CT molecular complexity index is 1430. The number of aromatic nitrogens is 1.